The first-order chi connectivity index (χ1) is 19.4. The molecule has 2 atom stereocenters. The predicted octanol–water partition coefficient (Wildman–Crippen LogP) is 3.90. The van der Waals surface area contributed by atoms with Gasteiger partial charge in [-0.2, -0.15) is 4.98 Å². The van der Waals surface area contributed by atoms with Gasteiger partial charge >= 0.3 is 7.60 Å². The number of allylic oxidation sites excluding steroid dienone is 1. The standard InChI is InChI=1S/C25H31ClN5O8P/c1-3-38-40(34,39-4-2)18-36-20(14-35-13-19-9-6-5-7-10-19)15-37-25(11-8-12-29-25)22-21(27-16-32)23(26)31-24(30-22)28-17-33/h5-12,16-17,20H,3-4,13-15,18H2,1-2H3,(H,27,32)(H,28,30,31,33). The second-order valence-corrected chi connectivity index (χ2v) is 10.5. The summed E-state index contributed by atoms with van der Waals surface area (Å²) in [6.45, 7) is 3.98. The number of nitrogens with one attached hydrogen (secondary N) is 2. The third-order valence-electron chi connectivity index (χ3n) is 5.29. The van der Waals surface area contributed by atoms with Gasteiger partial charge in [0.1, 0.15) is 23.8 Å². The minimum Gasteiger partial charge on any atom is -0.374 e. The van der Waals surface area contributed by atoms with E-state index in [9.17, 15) is 14.2 Å². The van der Waals surface area contributed by atoms with Crippen LogP contribution in [0.2, 0.25) is 5.15 Å². The quantitative estimate of drug-likeness (QED) is 0.138. The number of nitrogens with zero attached hydrogens (tertiary/aromatic N) is 3. The van der Waals surface area contributed by atoms with Crippen LogP contribution >= 0.6 is 19.2 Å². The molecule has 0 fully saturated rings. The van der Waals surface area contributed by atoms with Crippen LogP contribution in [0.25, 0.3) is 0 Å². The molecule has 216 valence electrons. The van der Waals surface area contributed by atoms with Crippen LogP contribution in [0, 0.1) is 0 Å². The molecule has 2 unspecified atom stereocenters. The van der Waals surface area contributed by atoms with E-state index in [4.69, 9.17) is 34.9 Å². The average Bonchev–Trinajstić information content (AvgIpc) is 3.42. The van der Waals surface area contributed by atoms with Gasteiger partial charge in [-0.15, -0.1) is 0 Å². The highest BCUT2D eigenvalue weighted by atomic mass is 35.5. The van der Waals surface area contributed by atoms with Crippen molar-refractivity contribution in [2.45, 2.75) is 32.3 Å². The van der Waals surface area contributed by atoms with Crippen molar-refractivity contribution in [2.75, 3.05) is 43.4 Å². The summed E-state index contributed by atoms with van der Waals surface area (Å²) < 4.78 is 41.7. The number of ether oxygens (including phenoxy) is 3. The number of aliphatic imine (C=N–C) groups is 1. The van der Waals surface area contributed by atoms with Crippen LogP contribution in [0.15, 0.2) is 47.5 Å². The van der Waals surface area contributed by atoms with Crippen LogP contribution in [0.5, 0.6) is 0 Å². The Morgan fingerprint density at radius 3 is 2.40 bits per heavy atom. The van der Waals surface area contributed by atoms with E-state index in [-0.39, 0.29) is 55.3 Å². The van der Waals surface area contributed by atoms with E-state index in [1.807, 2.05) is 30.3 Å². The third-order valence-corrected chi connectivity index (χ3v) is 7.34. The average molecular weight is 596 g/mol. The molecule has 2 N–H and O–H groups in total. The number of carbonyl (C=O) groups is 2. The molecular weight excluding hydrogens is 565 g/mol. The van der Waals surface area contributed by atoms with Crippen molar-refractivity contribution in [1.82, 2.24) is 9.97 Å². The molecule has 0 bridgehead atoms. The Morgan fingerprint density at radius 2 is 1.77 bits per heavy atom. The van der Waals surface area contributed by atoms with Crippen LogP contribution in [0.4, 0.5) is 11.6 Å². The van der Waals surface area contributed by atoms with Gasteiger partial charge in [0.05, 0.1) is 33.0 Å². The van der Waals surface area contributed by atoms with Gasteiger partial charge in [0.2, 0.25) is 24.5 Å². The molecule has 2 amide bonds. The molecule has 0 aliphatic carbocycles. The van der Waals surface area contributed by atoms with E-state index in [1.165, 1.54) is 6.21 Å². The zero-order valence-corrected chi connectivity index (χ0v) is 23.7. The molecule has 1 aromatic carbocycles. The second kappa shape index (κ2) is 15.7. The van der Waals surface area contributed by atoms with E-state index in [1.54, 1.807) is 26.0 Å². The first kappa shape index (κ1) is 31.5. The number of amides is 2. The summed E-state index contributed by atoms with van der Waals surface area (Å²) in [4.78, 5) is 35.0. The molecule has 1 aromatic heterocycles. The van der Waals surface area contributed by atoms with Gasteiger partial charge in [-0.05, 0) is 31.6 Å². The lowest BCUT2D eigenvalue weighted by molar-refractivity contribution is -0.106. The molecule has 2 heterocycles. The molecule has 1 aliphatic rings. The first-order valence-corrected chi connectivity index (χ1v) is 14.5. The second-order valence-electron chi connectivity index (χ2n) is 8.10. The molecule has 3 rings (SSSR count). The van der Waals surface area contributed by atoms with E-state index < -0.39 is 19.4 Å². The highest BCUT2D eigenvalue weighted by molar-refractivity contribution is 7.53. The number of carbonyl (C=O) groups excluding carboxylic acids is 2. The Balaban J connectivity index is 1.85. The molecular formula is C25H31ClN5O8P. The highest BCUT2D eigenvalue weighted by Crippen LogP contribution is 2.48. The molecule has 1 aliphatic heterocycles. The van der Waals surface area contributed by atoms with Crippen molar-refractivity contribution < 1.29 is 37.4 Å². The lowest BCUT2D eigenvalue weighted by Gasteiger charge is -2.29. The SMILES string of the molecule is CCOP(=O)(COC(COCc1ccccc1)COC1(c2nc(NC=O)nc(Cl)c2NC=O)C=CC=N1)OCC. The van der Waals surface area contributed by atoms with Crippen LogP contribution in [0.1, 0.15) is 25.1 Å². The number of hydrogen-bond acceptors (Lipinski definition) is 11. The van der Waals surface area contributed by atoms with Gasteiger partial charge in [-0.1, -0.05) is 41.9 Å². The molecule has 2 aromatic rings. The van der Waals surface area contributed by atoms with Crippen LogP contribution in [0.3, 0.4) is 0 Å². The zero-order chi connectivity index (χ0) is 28.8. The van der Waals surface area contributed by atoms with Gasteiger partial charge in [0.25, 0.3) is 0 Å². The fourth-order valence-corrected chi connectivity index (χ4v) is 5.24. The van der Waals surface area contributed by atoms with E-state index in [0.29, 0.717) is 19.4 Å². The van der Waals surface area contributed by atoms with Crippen molar-refractivity contribution >= 4 is 49.9 Å². The number of anilines is 2. The van der Waals surface area contributed by atoms with E-state index in [2.05, 4.69) is 25.6 Å². The monoisotopic (exact) mass is 595 g/mol. The minimum atomic E-state index is -3.53. The maximum Gasteiger partial charge on any atom is 0.356 e. The Kier molecular flexibility index (Phi) is 12.3. The maximum atomic E-state index is 13.0. The van der Waals surface area contributed by atoms with Crippen molar-refractivity contribution in [3.05, 3.63) is 58.9 Å². The Labute approximate surface area is 236 Å². The Bertz CT molecular complexity index is 1210. The predicted molar refractivity (Wildman–Crippen MR) is 148 cm³/mol. The van der Waals surface area contributed by atoms with E-state index in [0.717, 1.165) is 5.56 Å². The van der Waals surface area contributed by atoms with Crippen molar-refractivity contribution in [1.29, 1.82) is 0 Å². The van der Waals surface area contributed by atoms with Crippen LogP contribution < -0.4 is 10.6 Å². The molecule has 0 radical (unpaired) electrons. The van der Waals surface area contributed by atoms with Crippen LogP contribution in [-0.4, -0.2) is 67.9 Å². The van der Waals surface area contributed by atoms with Crippen LogP contribution in [-0.2, 0) is 49.7 Å². The molecule has 0 saturated heterocycles. The zero-order valence-electron chi connectivity index (χ0n) is 22.0. The lowest BCUT2D eigenvalue weighted by atomic mass is 10.1. The van der Waals surface area contributed by atoms with E-state index >= 15 is 0 Å². The van der Waals surface area contributed by atoms with Gasteiger partial charge in [-0.25, -0.2) is 9.98 Å². The number of rotatable bonds is 19. The summed E-state index contributed by atoms with van der Waals surface area (Å²) in [5.74, 6) is -0.127. The fraction of sp³-hybridized carbons (Fsp3) is 0.400. The molecule has 0 saturated carbocycles. The van der Waals surface area contributed by atoms with Gasteiger partial charge < -0.3 is 28.6 Å². The first-order valence-electron chi connectivity index (χ1n) is 12.4. The van der Waals surface area contributed by atoms with Gasteiger partial charge in [-0.3, -0.25) is 19.5 Å². The summed E-state index contributed by atoms with van der Waals surface area (Å²) >= 11 is 6.27. The number of aromatic nitrogens is 2. The Morgan fingerprint density at radius 1 is 1.05 bits per heavy atom. The topological polar surface area (TPSA) is 160 Å². The van der Waals surface area contributed by atoms with Gasteiger partial charge in [0.15, 0.2) is 5.15 Å². The maximum absolute atomic E-state index is 13.0. The summed E-state index contributed by atoms with van der Waals surface area (Å²) in [5, 5.41) is 4.65. The number of hydrogen-bond donors (Lipinski definition) is 2. The summed E-state index contributed by atoms with van der Waals surface area (Å²) in [6.07, 6.45) is 4.37. The molecule has 40 heavy (non-hydrogen) atoms. The smallest absolute Gasteiger partial charge is 0.356 e. The van der Waals surface area contributed by atoms with Crippen molar-refractivity contribution in [3.63, 3.8) is 0 Å². The Hall–Kier alpha value is -3.03. The number of benzene rings is 1. The normalized spacial score (nSPS) is 17.1. The third kappa shape index (κ3) is 8.73. The van der Waals surface area contributed by atoms with Gasteiger partial charge in [0, 0.05) is 6.21 Å². The molecule has 15 heteroatoms. The summed E-state index contributed by atoms with van der Waals surface area (Å²) in [7, 11) is -3.53. The lowest BCUT2D eigenvalue weighted by Crippen LogP contribution is -2.34. The number of halogens is 1. The summed E-state index contributed by atoms with van der Waals surface area (Å²) in [6, 6.07) is 9.54. The largest absolute Gasteiger partial charge is 0.374 e. The van der Waals surface area contributed by atoms with Crippen molar-refractivity contribution in [2.24, 2.45) is 4.99 Å². The fourth-order valence-electron chi connectivity index (χ4n) is 3.61. The summed E-state index contributed by atoms with van der Waals surface area (Å²) in [5.41, 5.74) is -0.521. The molecule has 0 spiro atoms. The highest BCUT2D eigenvalue weighted by Gasteiger charge is 2.39. The minimum absolute atomic E-state index is 0.0341. The molecule has 13 nitrogen and oxygen atoms in total. The van der Waals surface area contributed by atoms with Crippen molar-refractivity contribution in [3.8, 4) is 0 Å².